The van der Waals surface area contributed by atoms with Gasteiger partial charge in [0.15, 0.2) is 0 Å². The average molecular weight is 362 g/mol. The molecule has 2 aromatic rings. The summed E-state index contributed by atoms with van der Waals surface area (Å²) in [6, 6.07) is 8.85. The first-order chi connectivity index (χ1) is 12.1. The van der Waals surface area contributed by atoms with E-state index in [4.69, 9.17) is 16.1 Å². The second-order valence-corrected chi connectivity index (χ2v) is 6.48. The van der Waals surface area contributed by atoms with E-state index >= 15 is 0 Å². The summed E-state index contributed by atoms with van der Waals surface area (Å²) in [6.45, 7) is 3.60. The summed E-state index contributed by atoms with van der Waals surface area (Å²) in [5, 5.41) is 7.40. The minimum Gasteiger partial charge on any atom is -0.356 e. The molecule has 1 N–H and O–H groups in total. The van der Waals surface area contributed by atoms with Gasteiger partial charge in [-0.15, -0.1) is 0 Å². The molecule has 132 valence electrons. The number of nitrogens with zero attached hydrogens (tertiary/aromatic N) is 2. The number of hydrogen-bond acceptors (Lipinski definition) is 4. The molecule has 3 rings (SSSR count). The van der Waals surface area contributed by atoms with Crippen molar-refractivity contribution in [2.45, 2.75) is 19.8 Å². The molecule has 0 saturated carbocycles. The van der Waals surface area contributed by atoms with Gasteiger partial charge in [0, 0.05) is 42.2 Å². The van der Waals surface area contributed by atoms with Crippen molar-refractivity contribution >= 4 is 23.4 Å². The highest BCUT2D eigenvalue weighted by molar-refractivity contribution is 6.30. The van der Waals surface area contributed by atoms with Crippen molar-refractivity contribution in [3.8, 4) is 11.3 Å². The van der Waals surface area contributed by atoms with E-state index in [1.54, 1.807) is 23.1 Å². The molecule has 7 heteroatoms. The lowest BCUT2D eigenvalue weighted by Gasteiger charge is -2.30. The molecule has 0 aliphatic carbocycles. The molecule has 2 amide bonds. The van der Waals surface area contributed by atoms with E-state index in [1.807, 2.05) is 19.1 Å². The molecule has 1 fully saturated rings. The van der Waals surface area contributed by atoms with Gasteiger partial charge in [0.25, 0.3) is 5.91 Å². The van der Waals surface area contributed by atoms with Gasteiger partial charge in [-0.3, -0.25) is 9.59 Å². The van der Waals surface area contributed by atoms with Gasteiger partial charge in [-0.05, 0) is 31.9 Å². The van der Waals surface area contributed by atoms with Crippen LogP contribution in [0.25, 0.3) is 11.3 Å². The Bertz CT molecular complexity index is 766. The van der Waals surface area contributed by atoms with Crippen LogP contribution in [0.3, 0.4) is 0 Å². The molecule has 1 aromatic heterocycles. The van der Waals surface area contributed by atoms with E-state index in [1.165, 1.54) is 0 Å². The standard InChI is InChI=1S/C18H20ClN3O3/c1-2-20-17(23)12-6-8-22(9-7-12)18(24)16-11-15(21-25-16)13-4-3-5-14(19)10-13/h3-5,10-12H,2,6-9H2,1H3,(H,20,23). The van der Waals surface area contributed by atoms with Crippen molar-refractivity contribution in [2.75, 3.05) is 19.6 Å². The largest absolute Gasteiger partial charge is 0.356 e. The summed E-state index contributed by atoms with van der Waals surface area (Å²) in [5.41, 5.74) is 1.37. The maximum absolute atomic E-state index is 12.6. The first-order valence-electron chi connectivity index (χ1n) is 8.38. The SMILES string of the molecule is CCNC(=O)C1CCN(C(=O)c2cc(-c3cccc(Cl)c3)no2)CC1. The van der Waals surface area contributed by atoms with E-state index in [2.05, 4.69) is 10.5 Å². The predicted molar refractivity (Wildman–Crippen MR) is 94.3 cm³/mol. The number of rotatable bonds is 4. The maximum Gasteiger partial charge on any atom is 0.292 e. The van der Waals surface area contributed by atoms with Gasteiger partial charge in [0.2, 0.25) is 11.7 Å². The summed E-state index contributed by atoms with van der Waals surface area (Å²) in [4.78, 5) is 26.2. The second-order valence-electron chi connectivity index (χ2n) is 6.05. The van der Waals surface area contributed by atoms with Crippen LogP contribution >= 0.6 is 11.6 Å². The molecular weight excluding hydrogens is 342 g/mol. The molecule has 0 bridgehead atoms. The fourth-order valence-corrected chi connectivity index (χ4v) is 3.17. The Balaban J connectivity index is 1.64. The first kappa shape index (κ1) is 17.5. The number of piperidine rings is 1. The third-order valence-corrected chi connectivity index (χ3v) is 4.58. The number of carbonyl (C=O) groups excluding carboxylic acids is 2. The highest BCUT2D eigenvalue weighted by atomic mass is 35.5. The zero-order valence-electron chi connectivity index (χ0n) is 14.0. The van der Waals surface area contributed by atoms with E-state index in [0.717, 1.165) is 5.56 Å². The minimum absolute atomic E-state index is 0.0271. The lowest BCUT2D eigenvalue weighted by atomic mass is 9.95. The van der Waals surface area contributed by atoms with Gasteiger partial charge in [0.1, 0.15) is 5.69 Å². The highest BCUT2D eigenvalue weighted by Crippen LogP contribution is 2.24. The average Bonchev–Trinajstić information content (AvgIpc) is 3.11. The van der Waals surface area contributed by atoms with Crippen molar-refractivity contribution in [3.05, 3.63) is 41.1 Å². The van der Waals surface area contributed by atoms with Crippen molar-refractivity contribution in [2.24, 2.45) is 5.92 Å². The number of benzene rings is 1. The molecule has 1 saturated heterocycles. The number of amides is 2. The Morgan fingerprint density at radius 1 is 1.32 bits per heavy atom. The van der Waals surface area contributed by atoms with Crippen LogP contribution in [0.15, 0.2) is 34.9 Å². The van der Waals surface area contributed by atoms with Crippen LogP contribution in [-0.4, -0.2) is 41.5 Å². The summed E-state index contributed by atoms with van der Waals surface area (Å²) in [5.74, 6) is 0.0415. The summed E-state index contributed by atoms with van der Waals surface area (Å²) >= 11 is 5.98. The highest BCUT2D eigenvalue weighted by Gasteiger charge is 2.29. The van der Waals surface area contributed by atoms with Gasteiger partial charge < -0.3 is 14.7 Å². The molecule has 6 nitrogen and oxygen atoms in total. The number of carbonyl (C=O) groups is 2. The number of hydrogen-bond donors (Lipinski definition) is 1. The monoisotopic (exact) mass is 361 g/mol. The molecular formula is C18H20ClN3O3. The Morgan fingerprint density at radius 2 is 2.08 bits per heavy atom. The fraction of sp³-hybridized carbons (Fsp3) is 0.389. The van der Waals surface area contributed by atoms with Crippen LogP contribution in [0.1, 0.15) is 30.3 Å². The number of nitrogens with one attached hydrogen (secondary N) is 1. The zero-order chi connectivity index (χ0) is 17.8. The van der Waals surface area contributed by atoms with Crippen LogP contribution < -0.4 is 5.32 Å². The number of halogens is 1. The van der Waals surface area contributed by atoms with Crippen molar-refractivity contribution < 1.29 is 14.1 Å². The van der Waals surface area contributed by atoms with Crippen LogP contribution in [0.4, 0.5) is 0 Å². The van der Waals surface area contributed by atoms with Gasteiger partial charge in [-0.1, -0.05) is 28.9 Å². The molecule has 0 radical (unpaired) electrons. The van der Waals surface area contributed by atoms with Crippen LogP contribution in [-0.2, 0) is 4.79 Å². The van der Waals surface area contributed by atoms with Crippen LogP contribution in [0, 0.1) is 5.92 Å². The molecule has 1 aromatic carbocycles. The van der Waals surface area contributed by atoms with Crippen molar-refractivity contribution in [1.82, 2.24) is 15.4 Å². The summed E-state index contributed by atoms with van der Waals surface area (Å²) < 4.78 is 5.22. The van der Waals surface area contributed by atoms with E-state index in [9.17, 15) is 9.59 Å². The fourth-order valence-electron chi connectivity index (χ4n) is 2.98. The quantitative estimate of drug-likeness (QED) is 0.908. The number of likely N-dealkylation sites (tertiary alicyclic amines) is 1. The van der Waals surface area contributed by atoms with Gasteiger partial charge >= 0.3 is 0 Å². The van der Waals surface area contributed by atoms with Crippen molar-refractivity contribution in [3.63, 3.8) is 0 Å². The van der Waals surface area contributed by atoms with Gasteiger partial charge in [0.05, 0.1) is 0 Å². The molecule has 0 spiro atoms. The van der Waals surface area contributed by atoms with Crippen LogP contribution in [0.5, 0.6) is 0 Å². The van der Waals surface area contributed by atoms with Gasteiger partial charge in [-0.2, -0.15) is 0 Å². The molecule has 0 atom stereocenters. The van der Waals surface area contributed by atoms with Gasteiger partial charge in [-0.25, -0.2) is 0 Å². The lowest BCUT2D eigenvalue weighted by molar-refractivity contribution is -0.126. The Labute approximate surface area is 151 Å². The minimum atomic E-state index is -0.199. The summed E-state index contributed by atoms with van der Waals surface area (Å²) in [6.07, 6.45) is 1.32. The third kappa shape index (κ3) is 4.02. The maximum atomic E-state index is 12.6. The number of aromatic nitrogens is 1. The molecule has 25 heavy (non-hydrogen) atoms. The molecule has 1 aliphatic heterocycles. The van der Waals surface area contributed by atoms with E-state index in [-0.39, 0.29) is 23.5 Å². The van der Waals surface area contributed by atoms with E-state index in [0.29, 0.717) is 43.2 Å². The van der Waals surface area contributed by atoms with E-state index < -0.39 is 0 Å². The molecule has 0 unspecified atom stereocenters. The second kappa shape index (κ2) is 7.70. The Morgan fingerprint density at radius 3 is 2.76 bits per heavy atom. The summed E-state index contributed by atoms with van der Waals surface area (Å²) in [7, 11) is 0. The lowest BCUT2D eigenvalue weighted by Crippen LogP contribution is -2.42. The molecule has 2 heterocycles. The third-order valence-electron chi connectivity index (χ3n) is 4.35. The topological polar surface area (TPSA) is 75.4 Å². The van der Waals surface area contributed by atoms with Crippen LogP contribution in [0.2, 0.25) is 5.02 Å². The Hall–Kier alpha value is -2.34. The first-order valence-corrected chi connectivity index (χ1v) is 8.76. The van der Waals surface area contributed by atoms with Crippen molar-refractivity contribution in [1.29, 1.82) is 0 Å². The molecule has 1 aliphatic rings. The zero-order valence-corrected chi connectivity index (χ0v) is 14.8. The smallest absolute Gasteiger partial charge is 0.292 e. The normalized spacial score (nSPS) is 15.2. The Kier molecular flexibility index (Phi) is 5.38. The predicted octanol–water partition coefficient (Wildman–Crippen LogP) is 2.98.